The van der Waals surface area contributed by atoms with E-state index in [-0.39, 0.29) is 6.04 Å². The van der Waals surface area contributed by atoms with Crippen LogP contribution in [0.25, 0.3) is 0 Å². The zero-order valence-electron chi connectivity index (χ0n) is 11.2. The first-order valence-corrected chi connectivity index (χ1v) is 8.42. The van der Waals surface area contributed by atoms with Gasteiger partial charge < -0.3 is 5.73 Å². The van der Waals surface area contributed by atoms with Gasteiger partial charge in [-0.1, -0.05) is 6.42 Å². The van der Waals surface area contributed by atoms with Gasteiger partial charge in [0.1, 0.15) is 0 Å². The van der Waals surface area contributed by atoms with E-state index < -0.39 is 10.2 Å². The van der Waals surface area contributed by atoms with Gasteiger partial charge in [-0.3, -0.25) is 0 Å². The SMILES string of the molecule is CC1CCCCN1S(=O)(=O)N1CCC(CCN)C1. The number of nitrogens with zero attached hydrogens (tertiary/aromatic N) is 2. The molecule has 2 unspecified atom stereocenters. The van der Waals surface area contributed by atoms with Gasteiger partial charge in [0.25, 0.3) is 10.2 Å². The molecular weight excluding hydrogens is 250 g/mol. The van der Waals surface area contributed by atoms with Gasteiger partial charge in [0, 0.05) is 25.7 Å². The van der Waals surface area contributed by atoms with E-state index in [9.17, 15) is 8.42 Å². The van der Waals surface area contributed by atoms with Gasteiger partial charge in [0.05, 0.1) is 0 Å². The topological polar surface area (TPSA) is 66.6 Å². The lowest BCUT2D eigenvalue weighted by molar-refractivity contribution is 0.249. The smallest absolute Gasteiger partial charge is 0.282 e. The lowest BCUT2D eigenvalue weighted by atomic mass is 10.1. The minimum absolute atomic E-state index is 0.150. The van der Waals surface area contributed by atoms with Crippen LogP contribution in [-0.2, 0) is 10.2 Å². The van der Waals surface area contributed by atoms with Crippen molar-refractivity contribution in [3.63, 3.8) is 0 Å². The quantitative estimate of drug-likeness (QED) is 0.824. The van der Waals surface area contributed by atoms with Crippen molar-refractivity contribution in [1.82, 2.24) is 8.61 Å². The molecule has 6 heteroatoms. The van der Waals surface area contributed by atoms with Crippen molar-refractivity contribution in [1.29, 1.82) is 0 Å². The van der Waals surface area contributed by atoms with Gasteiger partial charge >= 0.3 is 0 Å². The van der Waals surface area contributed by atoms with E-state index in [1.807, 2.05) is 6.92 Å². The molecule has 2 rings (SSSR count). The summed E-state index contributed by atoms with van der Waals surface area (Å²) < 4.78 is 28.5. The lowest BCUT2D eigenvalue weighted by Gasteiger charge is -2.35. The fraction of sp³-hybridized carbons (Fsp3) is 1.00. The maximum Gasteiger partial charge on any atom is 0.282 e. The highest BCUT2D eigenvalue weighted by atomic mass is 32.2. The summed E-state index contributed by atoms with van der Waals surface area (Å²) >= 11 is 0. The molecule has 2 aliphatic heterocycles. The predicted octanol–water partition coefficient (Wildman–Crippen LogP) is 0.776. The molecule has 0 aliphatic carbocycles. The highest BCUT2D eigenvalue weighted by Gasteiger charge is 2.38. The Bertz CT molecular complexity index is 372. The van der Waals surface area contributed by atoms with Gasteiger partial charge in [0.15, 0.2) is 0 Å². The molecule has 0 spiro atoms. The summed E-state index contributed by atoms with van der Waals surface area (Å²) in [5.41, 5.74) is 5.55. The van der Waals surface area contributed by atoms with Crippen LogP contribution in [0.2, 0.25) is 0 Å². The van der Waals surface area contributed by atoms with Crippen molar-refractivity contribution in [2.45, 2.75) is 45.1 Å². The molecule has 106 valence electrons. The van der Waals surface area contributed by atoms with Crippen molar-refractivity contribution in [3.8, 4) is 0 Å². The Morgan fingerprint density at radius 2 is 2.00 bits per heavy atom. The summed E-state index contributed by atoms with van der Waals surface area (Å²) in [5, 5.41) is 0. The molecule has 0 aromatic heterocycles. The number of nitrogens with two attached hydrogens (primary N) is 1. The summed E-state index contributed by atoms with van der Waals surface area (Å²) in [7, 11) is -3.24. The molecule has 0 aromatic carbocycles. The number of hydrogen-bond donors (Lipinski definition) is 1. The van der Waals surface area contributed by atoms with Crippen LogP contribution in [0.15, 0.2) is 0 Å². The number of hydrogen-bond acceptors (Lipinski definition) is 3. The fourth-order valence-electron chi connectivity index (χ4n) is 3.04. The Kier molecular flexibility index (Phi) is 4.64. The van der Waals surface area contributed by atoms with Crippen molar-refractivity contribution < 1.29 is 8.42 Å². The number of rotatable bonds is 4. The second-order valence-electron chi connectivity index (χ2n) is 5.55. The molecule has 2 aliphatic rings. The predicted molar refractivity (Wildman–Crippen MR) is 72.3 cm³/mol. The van der Waals surface area contributed by atoms with Crippen molar-refractivity contribution >= 4 is 10.2 Å². The van der Waals surface area contributed by atoms with Crippen molar-refractivity contribution in [2.75, 3.05) is 26.2 Å². The van der Waals surface area contributed by atoms with Gasteiger partial charge in [0.2, 0.25) is 0 Å². The molecule has 2 atom stereocenters. The molecule has 2 N–H and O–H groups in total. The molecule has 2 saturated heterocycles. The molecule has 0 radical (unpaired) electrons. The second-order valence-corrected chi connectivity index (χ2v) is 7.43. The fourth-order valence-corrected chi connectivity index (χ4v) is 4.99. The van der Waals surface area contributed by atoms with Crippen molar-refractivity contribution in [2.24, 2.45) is 11.7 Å². The molecule has 18 heavy (non-hydrogen) atoms. The van der Waals surface area contributed by atoms with E-state index in [1.165, 1.54) is 0 Å². The molecule has 2 heterocycles. The van der Waals surface area contributed by atoms with Gasteiger partial charge in [-0.15, -0.1) is 0 Å². The molecule has 5 nitrogen and oxygen atoms in total. The Labute approximate surface area is 110 Å². The first-order chi connectivity index (χ1) is 8.55. The van der Waals surface area contributed by atoms with Crippen LogP contribution in [0.5, 0.6) is 0 Å². The third kappa shape index (κ3) is 2.87. The Morgan fingerprint density at radius 1 is 1.22 bits per heavy atom. The lowest BCUT2D eigenvalue weighted by Crippen LogP contribution is -2.49. The van der Waals surface area contributed by atoms with Crippen LogP contribution >= 0.6 is 0 Å². The first kappa shape index (κ1) is 14.2. The van der Waals surface area contributed by atoms with Crippen LogP contribution < -0.4 is 5.73 Å². The summed E-state index contributed by atoms with van der Waals surface area (Å²) in [6.45, 7) is 4.67. The Balaban J connectivity index is 2.02. The van der Waals surface area contributed by atoms with Crippen LogP contribution in [0.3, 0.4) is 0 Å². The standard InChI is InChI=1S/C12H25N3O2S/c1-11-4-2-3-8-15(11)18(16,17)14-9-6-12(10-14)5-7-13/h11-12H,2-10,13H2,1H3. The van der Waals surface area contributed by atoms with Gasteiger partial charge in [-0.25, -0.2) is 0 Å². The minimum Gasteiger partial charge on any atom is -0.330 e. The highest BCUT2D eigenvalue weighted by molar-refractivity contribution is 7.86. The maximum absolute atomic E-state index is 12.6. The average Bonchev–Trinajstić information content (AvgIpc) is 2.79. The van der Waals surface area contributed by atoms with E-state index in [0.717, 1.165) is 32.1 Å². The van der Waals surface area contributed by atoms with Crippen LogP contribution in [0.4, 0.5) is 0 Å². The molecule has 0 aromatic rings. The summed E-state index contributed by atoms with van der Waals surface area (Å²) in [6.07, 6.45) is 5.01. The zero-order valence-corrected chi connectivity index (χ0v) is 12.0. The summed E-state index contributed by atoms with van der Waals surface area (Å²) in [6, 6.07) is 0.150. The van der Waals surface area contributed by atoms with Gasteiger partial charge in [-0.2, -0.15) is 17.0 Å². The summed E-state index contributed by atoms with van der Waals surface area (Å²) in [4.78, 5) is 0. The van der Waals surface area contributed by atoms with E-state index in [2.05, 4.69) is 0 Å². The zero-order chi connectivity index (χ0) is 13.2. The number of piperidine rings is 1. The van der Waals surface area contributed by atoms with E-state index in [1.54, 1.807) is 8.61 Å². The second kappa shape index (κ2) is 5.86. The summed E-state index contributed by atoms with van der Waals surface area (Å²) in [5.74, 6) is 0.449. The normalized spacial score (nSPS) is 31.9. The molecule has 0 amide bonds. The minimum atomic E-state index is -3.24. The first-order valence-electron chi connectivity index (χ1n) is 7.02. The van der Waals surface area contributed by atoms with Crippen LogP contribution in [-0.4, -0.2) is 49.2 Å². The molecular formula is C12H25N3O2S. The van der Waals surface area contributed by atoms with Crippen LogP contribution in [0, 0.1) is 5.92 Å². The maximum atomic E-state index is 12.6. The van der Waals surface area contributed by atoms with E-state index in [0.29, 0.717) is 32.1 Å². The molecule has 2 fully saturated rings. The Hall–Kier alpha value is -0.170. The van der Waals surface area contributed by atoms with Gasteiger partial charge in [-0.05, 0) is 45.1 Å². The van der Waals surface area contributed by atoms with Crippen LogP contribution in [0.1, 0.15) is 39.0 Å². The molecule has 0 bridgehead atoms. The third-order valence-electron chi connectivity index (χ3n) is 4.19. The molecule has 0 saturated carbocycles. The van der Waals surface area contributed by atoms with E-state index >= 15 is 0 Å². The van der Waals surface area contributed by atoms with E-state index in [4.69, 9.17) is 5.73 Å². The monoisotopic (exact) mass is 275 g/mol. The largest absolute Gasteiger partial charge is 0.330 e. The Morgan fingerprint density at radius 3 is 2.67 bits per heavy atom. The average molecular weight is 275 g/mol. The van der Waals surface area contributed by atoms with Crippen molar-refractivity contribution in [3.05, 3.63) is 0 Å². The highest BCUT2D eigenvalue weighted by Crippen LogP contribution is 2.27. The third-order valence-corrected chi connectivity index (χ3v) is 6.31.